The lowest BCUT2D eigenvalue weighted by molar-refractivity contribution is -0.384. The maximum Gasteiger partial charge on any atom is 0.280 e. The lowest BCUT2D eigenvalue weighted by atomic mass is 10.0. The predicted octanol–water partition coefficient (Wildman–Crippen LogP) is 5.23. The van der Waals surface area contributed by atoms with Gasteiger partial charge in [-0.25, -0.2) is 4.99 Å². The Morgan fingerprint density at radius 2 is 2.03 bits per heavy atom. The van der Waals surface area contributed by atoms with Crippen molar-refractivity contribution in [3.63, 3.8) is 0 Å². The van der Waals surface area contributed by atoms with Crippen molar-refractivity contribution in [2.24, 2.45) is 4.99 Å². The second-order valence-corrected chi connectivity index (χ2v) is 8.30. The number of rotatable bonds is 5. The number of amidine groups is 1. The van der Waals surface area contributed by atoms with E-state index < -0.39 is 0 Å². The van der Waals surface area contributed by atoms with Crippen molar-refractivity contribution >= 4 is 22.6 Å². The van der Waals surface area contributed by atoms with E-state index in [0.29, 0.717) is 17.4 Å². The molecular weight excluding hydrogens is 400 g/mol. The molecule has 0 spiro atoms. The molecule has 0 N–H and O–H groups in total. The second-order valence-electron chi connectivity index (χ2n) is 7.31. The summed E-state index contributed by atoms with van der Waals surface area (Å²) in [5.41, 5.74) is 1.40. The van der Waals surface area contributed by atoms with Crippen molar-refractivity contribution in [3.8, 4) is 11.3 Å². The molecule has 0 unspecified atom stereocenters. The highest BCUT2D eigenvalue weighted by molar-refractivity contribution is 8.14. The molecule has 0 amide bonds. The fourth-order valence-electron chi connectivity index (χ4n) is 4.16. The molecule has 2 aromatic heterocycles. The topological polar surface area (TPSA) is 84.8 Å². The number of pyridine rings is 1. The predicted molar refractivity (Wildman–Crippen MR) is 116 cm³/mol. The Kier molecular flexibility index (Phi) is 4.78. The van der Waals surface area contributed by atoms with E-state index in [1.807, 2.05) is 30.3 Å². The van der Waals surface area contributed by atoms with Gasteiger partial charge in [-0.1, -0.05) is 36.9 Å². The fraction of sp³-hybridized carbons (Fsp3) is 0.273. The van der Waals surface area contributed by atoms with E-state index in [2.05, 4.69) is 16.8 Å². The molecule has 3 atom stereocenters. The Hall–Kier alpha value is -3.13. The van der Waals surface area contributed by atoms with E-state index in [1.165, 1.54) is 6.07 Å². The SMILES string of the molecule is CC[C@@H]1CSC2=N[C@@H](c3ccccn3)[C@H](c3ccc(-c4ccccc4[N+](=O)[O-])o3)N21. The number of benzene rings is 1. The van der Waals surface area contributed by atoms with Crippen LogP contribution in [0.15, 0.2) is 70.2 Å². The third-order valence-electron chi connectivity index (χ3n) is 5.61. The molecule has 8 heteroatoms. The van der Waals surface area contributed by atoms with Crippen LogP contribution in [0.1, 0.15) is 36.9 Å². The zero-order chi connectivity index (χ0) is 20.7. The van der Waals surface area contributed by atoms with Gasteiger partial charge in [0.1, 0.15) is 23.6 Å². The molecule has 30 heavy (non-hydrogen) atoms. The number of nitro benzene ring substituents is 1. The zero-order valence-electron chi connectivity index (χ0n) is 16.3. The van der Waals surface area contributed by atoms with Crippen molar-refractivity contribution in [1.29, 1.82) is 0 Å². The van der Waals surface area contributed by atoms with Crippen molar-refractivity contribution < 1.29 is 9.34 Å². The van der Waals surface area contributed by atoms with Crippen LogP contribution in [-0.4, -0.2) is 31.8 Å². The van der Waals surface area contributed by atoms with Gasteiger partial charge >= 0.3 is 0 Å². The van der Waals surface area contributed by atoms with E-state index >= 15 is 0 Å². The normalized spacial score (nSPS) is 22.8. The standard InChI is InChI=1S/C22H20N4O3S/c1-2-14-13-30-22-24-20(16-8-5-6-12-23-16)21(25(14)22)19-11-10-18(29-19)15-7-3-4-9-17(15)26(27)28/h3-12,14,20-21H,2,13H2,1H3/t14-,20+,21+/m1/s1. The smallest absolute Gasteiger partial charge is 0.280 e. The van der Waals surface area contributed by atoms with Gasteiger partial charge in [-0.3, -0.25) is 15.1 Å². The van der Waals surface area contributed by atoms with E-state index in [9.17, 15) is 10.1 Å². The van der Waals surface area contributed by atoms with Crippen LogP contribution in [0.2, 0.25) is 0 Å². The highest BCUT2D eigenvalue weighted by atomic mass is 32.2. The van der Waals surface area contributed by atoms with Gasteiger partial charge < -0.3 is 9.32 Å². The molecule has 1 fully saturated rings. The average Bonchev–Trinajstić information content (AvgIpc) is 3.49. The molecule has 0 bridgehead atoms. The maximum absolute atomic E-state index is 11.5. The molecule has 1 saturated heterocycles. The number of para-hydroxylation sites is 1. The van der Waals surface area contributed by atoms with Crippen LogP contribution in [0.25, 0.3) is 11.3 Å². The lowest BCUT2D eigenvalue weighted by Crippen LogP contribution is -2.35. The van der Waals surface area contributed by atoms with Crippen LogP contribution in [-0.2, 0) is 0 Å². The van der Waals surface area contributed by atoms with Gasteiger partial charge in [-0.15, -0.1) is 0 Å². The Bertz CT molecular complexity index is 1110. The van der Waals surface area contributed by atoms with Crippen LogP contribution >= 0.6 is 11.8 Å². The Balaban J connectivity index is 1.57. The van der Waals surface area contributed by atoms with Gasteiger partial charge in [0.2, 0.25) is 0 Å². The molecule has 5 rings (SSSR count). The van der Waals surface area contributed by atoms with Gasteiger partial charge in [0.25, 0.3) is 5.69 Å². The minimum Gasteiger partial charge on any atom is -0.459 e. The average molecular weight is 420 g/mol. The Labute approximate surface area is 178 Å². The van der Waals surface area contributed by atoms with Crippen LogP contribution in [0, 0.1) is 10.1 Å². The molecule has 0 aliphatic carbocycles. The molecule has 3 aromatic rings. The largest absolute Gasteiger partial charge is 0.459 e. The summed E-state index contributed by atoms with van der Waals surface area (Å²) in [5.74, 6) is 2.24. The Morgan fingerprint density at radius 1 is 1.20 bits per heavy atom. The number of hydrogen-bond donors (Lipinski definition) is 0. The van der Waals surface area contributed by atoms with Crippen LogP contribution in [0.5, 0.6) is 0 Å². The minimum absolute atomic E-state index is 0.0335. The van der Waals surface area contributed by atoms with Crippen molar-refractivity contribution in [2.45, 2.75) is 31.5 Å². The summed E-state index contributed by atoms with van der Waals surface area (Å²) in [4.78, 5) is 22.9. The lowest BCUT2D eigenvalue weighted by Gasteiger charge is -2.30. The first-order valence-corrected chi connectivity index (χ1v) is 10.9. The summed E-state index contributed by atoms with van der Waals surface area (Å²) in [6.07, 6.45) is 2.79. The Morgan fingerprint density at radius 3 is 2.80 bits per heavy atom. The van der Waals surface area contributed by atoms with Crippen molar-refractivity contribution in [2.75, 3.05) is 5.75 Å². The van der Waals surface area contributed by atoms with Gasteiger partial charge in [0, 0.05) is 24.1 Å². The number of nitro groups is 1. The summed E-state index contributed by atoms with van der Waals surface area (Å²) < 4.78 is 6.24. The molecule has 0 radical (unpaired) electrons. The number of nitrogens with zero attached hydrogens (tertiary/aromatic N) is 4. The van der Waals surface area contributed by atoms with Gasteiger partial charge in [0.05, 0.1) is 16.2 Å². The quantitative estimate of drug-likeness (QED) is 0.415. The molecular formula is C22H20N4O3S. The summed E-state index contributed by atoms with van der Waals surface area (Å²) >= 11 is 1.77. The van der Waals surface area contributed by atoms with Crippen molar-refractivity contribution in [1.82, 2.24) is 9.88 Å². The molecule has 2 aliphatic heterocycles. The summed E-state index contributed by atoms with van der Waals surface area (Å²) in [6.45, 7) is 2.18. The van der Waals surface area contributed by atoms with Gasteiger partial charge in [0.15, 0.2) is 5.17 Å². The number of furan rings is 1. The van der Waals surface area contributed by atoms with E-state index in [4.69, 9.17) is 9.41 Å². The van der Waals surface area contributed by atoms with E-state index in [0.717, 1.165) is 28.8 Å². The van der Waals surface area contributed by atoms with Gasteiger partial charge in [-0.2, -0.15) is 0 Å². The molecule has 0 saturated carbocycles. The monoisotopic (exact) mass is 420 g/mol. The summed E-state index contributed by atoms with van der Waals surface area (Å²) in [7, 11) is 0. The minimum atomic E-state index is -0.380. The molecule has 7 nitrogen and oxygen atoms in total. The zero-order valence-corrected chi connectivity index (χ0v) is 17.2. The van der Waals surface area contributed by atoms with Crippen LogP contribution < -0.4 is 0 Å². The maximum atomic E-state index is 11.5. The van der Waals surface area contributed by atoms with Gasteiger partial charge in [-0.05, 0) is 36.8 Å². The van der Waals surface area contributed by atoms with E-state index in [-0.39, 0.29) is 22.7 Å². The number of thioether (sulfide) groups is 1. The number of aliphatic imine (C=N–C) groups is 1. The molecule has 152 valence electrons. The fourth-order valence-corrected chi connectivity index (χ4v) is 5.49. The highest BCUT2D eigenvalue weighted by Crippen LogP contribution is 2.49. The van der Waals surface area contributed by atoms with Crippen molar-refractivity contribution in [3.05, 3.63) is 82.4 Å². The third-order valence-corrected chi connectivity index (χ3v) is 6.74. The van der Waals surface area contributed by atoms with Crippen LogP contribution in [0.4, 0.5) is 5.69 Å². The number of aromatic nitrogens is 1. The van der Waals surface area contributed by atoms with Crippen LogP contribution in [0.3, 0.4) is 0 Å². The highest BCUT2D eigenvalue weighted by Gasteiger charge is 2.47. The number of fused-ring (bicyclic) bond motifs is 1. The molecule has 1 aromatic carbocycles. The molecule has 2 aliphatic rings. The first kappa shape index (κ1) is 18.9. The second kappa shape index (κ2) is 7.60. The first-order chi connectivity index (χ1) is 14.7. The third kappa shape index (κ3) is 3.08. The van der Waals surface area contributed by atoms with E-state index in [1.54, 1.807) is 36.2 Å². The first-order valence-electron chi connectivity index (χ1n) is 9.90. The summed E-state index contributed by atoms with van der Waals surface area (Å²) in [5, 5.41) is 12.5. The number of hydrogen-bond acceptors (Lipinski definition) is 7. The molecule has 4 heterocycles. The summed E-state index contributed by atoms with van der Waals surface area (Å²) in [6, 6.07) is 16.3.